The highest BCUT2D eigenvalue weighted by Gasteiger charge is 2.08. The minimum absolute atomic E-state index is 0.197. The van der Waals surface area contributed by atoms with Crippen LogP contribution in [0.1, 0.15) is 16.1 Å². The lowest BCUT2D eigenvalue weighted by Crippen LogP contribution is -2.03. The van der Waals surface area contributed by atoms with Gasteiger partial charge in [-0.3, -0.25) is 0 Å². The Labute approximate surface area is 123 Å². The summed E-state index contributed by atoms with van der Waals surface area (Å²) in [5, 5.41) is 12.6. The summed E-state index contributed by atoms with van der Waals surface area (Å²) >= 11 is 9.24. The number of rotatable bonds is 3. The SMILES string of the molecule is Cc1nc(Nc2ccc(Cl)c(Br)c2)ccc1C(=O)O. The van der Waals surface area contributed by atoms with Crippen LogP contribution in [-0.2, 0) is 0 Å². The molecule has 1 heterocycles. The van der Waals surface area contributed by atoms with E-state index in [-0.39, 0.29) is 5.56 Å². The quantitative estimate of drug-likeness (QED) is 0.876. The highest BCUT2D eigenvalue weighted by Crippen LogP contribution is 2.27. The van der Waals surface area contributed by atoms with E-state index >= 15 is 0 Å². The summed E-state index contributed by atoms with van der Waals surface area (Å²) in [6, 6.07) is 8.54. The van der Waals surface area contributed by atoms with Crippen molar-refractivity contribution in [3.63, 3.8) is 0 Å². The number of halogens is 2. The van der Waals surface area contributed by atoms with Crippen molar-refractivity contribution in [2.45, 2.75) is 6.92 Å². The molecule has 0 aliphatic rings. The molecule has 0 atom stereocenters. The lowest BCUT2D eigenvalue weighted by molar-refractivity contribution is 0.0695. The van der Waals surface area contributed by atoms with E-state index in [1.54, 1.807) is 19.1 Å². The van der Waals surface area contributed by atoms with Gasteiger partial charge in [-0.15, -0.1) is 0 Å². The molecule has 2 N–H and O–H groups in total. The first-order valence-corrected chi connectivity index (χ1v) is 6.57. The molecule has 0 aliphatic carbocycles. The van der Waals surface area contributed by atoms with Crippen molar-refractivity contribution in [1.82, 2.24) is 4.98 Å². The van der Waals surface area contributed by atoms with Gasteiger partial charge in [0.25, 0.3) is 0 Å². The fourth-order valence-corrected chi connectivity index (χ4v) is 2.07. The van der Waals surface area contributed by atoms with Gasteiger partial charge in [-0.05, 0) is 53.2 Å². The van der Waals surface area contributed by atoms with Crippen molar-refractivity contribution in [2.24, 2.45) is 0 Å². The zero-order valence-electron chi connectivity index (χ0n) is 9.95. The molecule has 4 nitrogen and oxygen atoms in total. The maximum absolute atomic E-state index is 10.9. The first-order chi connectivity index (χ1) is 8.97. The summed E-state index contributed by atoms with van der Waals surface area (Å²) in [6.07, 6.45) is 0. The molecule has 2 rings (SSSR count). The van der Waals surface area contributed by atoms with Crippen LogP contribution in [0.4, 0.5) is 11.5 Å². The first-order valence-electron chi connectivity index (χ1n) is 5.40. The van der Waals surface area contributed by atoms with Crippen LogP contribution in [0, 0.1) is 6.92 Å². The van der Waals surface area contributed by atoms with Gasteiger partial charge in [0.2, 0.25) is 0 Å². The average Bonchev–Trinajstić information content (AvgIpc) is 2.33. The Morgan fingerprint density at radius 1 is 1.37 bits per heavy atom. The summed E-state index contributed by atoms with van der Waals surface area (Å²) < 4.78 is 0.776. The van der Waals surface area contributed by atoms with E-state index in [4.69, 9.17) is 16.7 Å². The third-order valence-electron chi connectivity index (χ3n) is 2.51. The minimum atomic E-state index is -0.981. The molecule has 98 valence electrons. The molecule has 1 aromatic carbocycles. The fraction of sp³-hybridized carbons (Fsp3) is 0.0769. The number of aromatic nitrogens is 1. The second-order valence-corrected chi connectivity index (χ2v) is 5.15. The van der Waals surface area contributed by atoms with Crippen molar-refractivity contribution in [2.75, 3.05) is 5.32 Å². The van der Waals surface area contributed by atoms with E-state index in [1.807, 2.05) is 12.1 Å². The van der Waals surface area contributed by atoms with Gasteiger partial charge in [0, 0.05) is 10.2 Å². The van der Waals surface area contributed by atoms with E-state index in [1.165, 1.54) is 6.07 Å². The summed E-state index contributed by atoms with van der Waals surface area (Å²) in [5.41, 5.74) is 1.47. The van der Waals surface area contributed by atoms with Crippen LogP contribution < -0.4 is 5.32 Å². The predicted molar refractivity (Wildman–Crippen MR) is 78.4 cm³/mol. The van der Waals surface area contributed by atoms with Gasteiger partial charge in [0.1, 0.15) is 5.82 Å². The molecule has 0 spiro atoms. The molecule has 0 aliphatic heterocycles. The van der Waals surface area contributed by atoms with Crippen LogP contribution >= 0.6 is 27.5 Å². The van der Waals surface area contributed by atoms with E-state index in [0.29, 0.717) is 16.5 Å². The Morgan fingerprint density at radius 2 is 2.11 bits per heavy atom. The molecular formula is C13H10BrClN2O2. The number of anilines is 2. The molecule has 1 aromatic heterocycles. The molecule has 6 heteroatoms. The van der Waals surface area contributed by atoms with E-state index in [2.05, 4.69) is 26.2 Å². The number of carbonyl (C=O) groups is 1. The van der Waals surface area contributed by atoms with Gasteiger partial charge in [-0.1, -0.05) is 11.6 Å². The lowest BCUT2D eigenvalue weighted by atomic mass is 10.2. The summed E-state index contributed by atoms with van der Waals surface area (Å²) in [4.78, 5) is 15.1. The molecule has 0 unspecified atom stereocenters. The molecule has 0 fully saturated rings. The number of aromatic carboxylic acids is 1. The highest BCUT2D eigenvalue weighted by molar-refractivity contribution is 9.10. The zero-order valence-corrected chi connectivity index (χ0v) is 12.3. The Bertz CT molecular complexity index is 647. The Hall–Kier alpha value is -1.59. The molecular weight excluding hydrogens is 332 g/mol. The monoisotopic (exact) mass is 340 g/mol. The van der Waals surface area contributed by atoms with Crippen LogP contribution in [0.3, 0.4) is 0 Å². The van der Waals surface area contributed by atoms with Gasteiger partial charge in [0.05, 0.1) is 16.3 Å². The fourth-order valence-electron chi connectivity index (χ4n) is 1.58. The number of hydrogen-bond donors (Lipinski definition) is 2. The minimum Gasteiger partial charge on any atom is -0.478 e. The maximum Gasteiger partial charge on any atom is 0.337 e. The number of nitrogens with one attached hydrogen (secondary N) is 1. The summed E-state index contributed by atoms with van der Waals surface area (Å²) in [5.74, 6) is -0.400. The number of nitrogens with zero attached hydrogens (tertiary/aromatic N) is 1. The second-order valence-electron chi connectivity index (χ2n) is 3.89. The van der Waals surface area contributed by atoms with Gasteiger partial charge < -0.3 is 10.4 Å². The van der Waals surface area contributed by atoms with Crippen molar-refractivity contribution < 1.29 is 9.90 Å². The first kappa shape index (κ1) is 13.8. The standard InChI is InChI=1S/C13H10BrClN2O2/c1-7-9(13(18)19)3-5-12(16-7)17-8-2-4-11(15)10(14)6-8/h2-6H,1H3,(H,16,17)(H,18,19). The van der Waals surface area contributed by atoms with Crippen molar-refractivity contribution in [3.05, 3.63) is 51.1 Å². The van der Waals surface area contributed by atoms with Crippen molar-refractivity contribution >= 4 is 45.0 Å². The van der Waals surface area contributed by atoms with Crippen LogP contribution in [0.15, 0.2) is 34.8 Å². The van der Waals surface area contributed by atoms with Crippen LogP contribution in [0.5, 0.6) is 0 Å². The number of carboxylic acid groups (broad SMARTS) is 1. The van der Waals surface area contributed by atoms with Gasteiger partial charge in [-0.2, -0.15) is 0 Å². The zero-order chi connectivity index (χ0) is 14.0. The van der Waals surface area contributed by atoms with E-state index in [0.717, 1.165) is 10.2 Å². The normalized spacial score (nSPS) is 10.3. The average molecular weight is 342 g/mol. The van der Waals surface area contributed by atoms with Gasteiger partial charge >= 0.3 is 5.97 Å². The molecule has 2 aromatic rings. The maximum atomic E-state index is 10.9. The van der Waals surface area contributed by atoms with Crippen LogP contribution in [0.25, 0.3) is 0 Å². The lowest BCUT2D eigenvalue weighted by Gasteiger charge is -2.08. The highest BCUT2D eigenvalue weighted by atomic mass is 79.9. The van der Waals surface area contributed by atoms with Gasteiger partial charge in [-0.25, -0.2) is 9.78 Å². The number of pyridine rings is 1. The smallest absolute Gasteiger partial charge is 0.337 e. The Balaban J connectivity index is 2.26. The van der Waals surface area contributed by atoms with Crippen LogP contribution in [-0.4, -0.2) is 16.1 Å². The number of carboxylic acids is 1. The summed E-state index contributed by atoms with van der Waals surface area (Å²) in [7, 11) is 0. The van der Waals surface area contributed by atoms with E-state index in [9.17, 15) is 4.79 Å². The topological polar surface area (TPSA) is 62.2 Å². The molecule has 0 saturated carbocycles. The van der Waals surface area contributed by atoms with Crippen molar-refractivity contribution in [3.8, 4) is 0 Å². The molecule has 0 saturated heterocycles. The third-order valence-corrected chi connectivity index (χ3v) is 3.72. The largest absolute Gasteiger partial charge is 0.478 e. The molecule has 0 radical (unpaired) electrons. The molecule has 0 amide bonds. The second kappa shape index (κ2) is 5.59. The predicted octanol–water partition coefficient (Wildman–Crippen LogP) is 4.25. The molecule has 0 bridgehead atoms. The number of aryl methyl sites for hydroxylation is 1. The number of benzene rings is 1. The molecule has 19 heavy (non-hydrogen) atoms. The van der Waals surface area contributed by atoms with Crippen LogP contribution in [0.2, 0.25) is 5.02 Å². The summed E-state index contributed by atoms with van der Waals surface area (Å²) in [6.45, 7) is 1.66. The third kappa shape index (κ3) is 3.24. The number of hydrogen-bond acceptors (Lipinski definition) is 3. The Morgan fingerprint density at radius 3 is 2.68 bits per heavy atom. The van der Waals surface area contributed by atoms with E-state index < -0.39 is 5.97 Å². The Kier molecular flexibility index (Phi) is 4.07. The van der Waals surface area contributed by atoms with Gasteiger partial charge in [0.15, 0.2) is 0 Å². The van der Waals surface area contributed by atoms with Crippen molar-refractivity contribution in [1.29, 1.82) is 0 Å².